The number of aliphatic hydroxyl groups is 1. The predicted molar refractivity (Wildman–Crippen MR) is 69.1 cm³/mol. The van der Waals surface area contributed by atoms with E-state index in [2.05, 4.69) is 4.90 Å². The molecule has 1 N–H and O–H groups in total. The molecule has 1 rings (SSSR count). The third kappa shape index (κ3) is 6.10. The van der Waals surface area contributed by atoms with Gasteiger partial charge in [0.2, 0.25) is 0 Å². The van der Waals surface area contributed by atoms with Gasteiger partial charge in [0.05, 0.1) is 6.54 Å². The lowest BCUT2D eigenvalue weighted by Gasteiger charge is -2.47. The molecule has 6 heteroatoms. The molecule has 0 aromatic rings. The van der Waals surface area contributed by atoms with E-state index in [1.54, 1.807) is 0 Å². The van der Waals surface area contributed by atoms with Crippen LogP contribution in [0, 0.1) is 0 Å². The van der Waals surface area contributed by atoms with Gasteiger partial charge in [0, 0.05) is 31.8 Å². The van der Waals surface area contributed by atoms with Crippen molar-refractivity contribution in [3.63, 3.8) is 0 Å². The van der Waals surface area contributed by atoms with E-state index in [1.165, 1.54) is 4.90 Å². The van der Waals surface area contributed by atoms with E-state index in [-0.39, 0.29) is 12.1 Å². The summed E-state index contributed by atoms with van der Waals surface area (Å²) in [6.45, 7) is 5.91. The summed E-state index contributed by atoms with van der Waals surface area (Å²) in [6.07, 6.45) is -1.35. The summed E-state index contributed by atoms with van der Waals surface area (Å²) in [4.78, 5) is 3.75. The normalized spacial score (nSPS) is 21.8. The quantitative estimate of drug-likeness (QED) is 0.756. The molecule has 0 radical (unpaired) electrons. The molecule has 0 atom stereocenters. The highest BCUT2D eigenvalue weighted by molar-refractivity contribution is 4.90. The lowest BCUT2D eigenvalue weighted by atomic mass is 9.98. The van der Waals surface area contributed by atoms with Crippen LogP contribution >= 0.6 is 0 Å². The molecular weight excluding hydrogens is 257 g/mol. The van der Waals surface area contributed by atoms with Gasteiger partial charge in [-0.15, -0.1) is 0 Å². The lowest BCUT2D eigenvalue weighted by molar-refractivity contribution is -0.155. The molecule has 0 amide bonds. The minimum absolute atomic E-state index is 0.211. The van der Waals surface area contributed by atoms with Gasteiger partial charge in [0.25, 0.3) is 0 Å². The fourth-order valence-corrected chi connectivity index (χ4v) is 2.69. The van der Waals surface area contributed by atoms with Crippen LogP contribution in [-0.2, 0) is 0 Å². The van der Waals surface area contributed by atoms with Crippen LogP contribution in [0.15, 0.2) is 0 Å². The highest BCUT2D eigenvalue weighted by atomic mass is 19.4. The maximum Gasteiger partial charge on any atom is 0.401 e. The van der Waals surface area contributed by atoms with Crippen molar-refractivity contribution in [1.29, 1.82) is 0 Å². The van der Waals surface area contributed by atoms with Gasteiger partial charge in [0.15, 0.2) is 0 Å². The third-order valence-electron chi connectivity index (χ3n) is 3.64. The van der Waals surface area contributed by atoms with E-state index in [0.717, 1.165) is 25.8 Å². The van der Waals surface area contributed by atoms with Crippen molar-refractivity contribution in [3.05, 3.63) is 0 Å². The van der Waals surface area contributed by atoms with E-state index in [0.29, 0.717) is 19.6 Å². The summed E-state index contributed by atoms with van der Waals surface area (Å²) in [5, 5.41) is 8.72. The van der Waals surface area contributed by atoms with Crippen molar-refractivity contribution in [1.82, 2.24) is 9.80 Å². The molecular formula is C13H25F3N2O. The monoisotopic (exact) mass is 282 g/mol. The Labute approximate surface area is 113 Å². The van der Waals surface area contributed by atoms with Gasteiger partial charge in [-0.05, 0) is 39.7 Å². The van der Waals surface area contributed by atoms with Crippen molar-refractivity contribution in [2.75, 3.05) is 39.3 Å². The van der Waals surface area contributed by atoms with Gasteiger partial charge in [-0.3, -0.25) is 9.80 Å². The maximum atomic E-state index is 12.4. The Bertz CT molecular complexity index is 269. The molecule has 0 aromatic carbocycles. The zero-order valence-corrected chi connectivity index (χ0v) is 11.8. The van der Waals surface area contributed by atoms with Crippen LogP contribution in [0.1, 0.15) is 33.1 Å². The van der Waals surface area contributed by atoms with Crippen molar-refractivity contribution in [3.8, 4) is 0 Å². The number of hydrogen-bond donors (Lipinski definition) is 1. The highest BCUT2D eigenvalue weighted by Gasteiger charge is 2.38. The third-order valence-corrected chi connectivity index (χ3v) is 3.64. The molecule has 1 saturated heterocycles. The first kappa shape index (κ1) is 16.7. The number of nitrogens with zero attached hydrogens (tertiary/aromatic N) is 2. The van der Waals surface area contributed by atoms with Crippen LogP contribution in [0.3, 0.4) is 0 Å². The van der Waals surface area contributed by atoms with Crippen LogP contribution in [0.5, 0.6) is 0 Å². The van der Waals surface area contributed by atoms with Crippen molar-refractivity contribution >= 4 is 0 Å². The summed E-state index contributed by atoms with van der Waals surface area (Å²) in [6, 6.07) is 0. The Morgan fingerprint density at radius 2 is 1.79 bits per heavy atom. The maximum absolute atomic E-state index is 12.4. The van der Waals surface area contributed by atoms with Gasteiger partial charge in [0.1, 0.15) is 0 Å². The van der Waals surface area contributed by atoms with E-state index in [4.69, 9.17) is 5.11 Å². The topological polar surface area (TPSA) is 26.7 Å². The smallest absolute Gasteiger partial charge is 0.396 e. The second-order valence-electron chi connectivity index (χ2n) is 5.91. The number of piperazine rings is 1. The fourth-order valence-electron chi connectivity index (χ4n) is 2.69. The molecule has 0 spiro atoms. The molecule has 0 unspecified atom stereocenters. The number of alkyl halides is 3. The fraction of sp³-hybridized carbons (Fsp3) is 1.00. The molecule has 3 nitrogen and oxygen atoms in total. The summed E-state index contributed by atoms with van der Waals surface area (Å²) < 4.78 is 37.2. The van der Waals surface area contributed by atoms with Gasteiger partial charge in [-0.25, -0.2) is 0 Å². The first-order chi connectivity index (χ1) is 8.74. The van der Waals surface area contributed by atoms with Crippen LogP contribution in [0.25, 0.3) is 0 Å². The Balaban J connectivity index is 2.39. The van der Waals surface area contributed by atoms with E-state index >= 15 is 0 Å². The first-order valence-electron chi connectivity index (χ1n) is 6.90. The standard InChI is InChI=1S/C13H25F3N2O/c1-12(2)10-17(11-13(14,15)16)7-8-18(12)6-4-3-5-9-19/h19H,3-11H2,1-2H3. The molecule has 1 heterocycles. The second-order valence-corrected chi connectivity index (χ2v) is 5.91. The average molecular weight is 282 g/mol. The Kier molecular flexibility index (Phi) is 6.08. The first-order valence-corrected chi connectivity index (χ1v) is 6.90. The zero-order chi connectivity index (χ0) is 14.5. The van der Waals surface area contributed by atoms with Gasteiger partial charge >= 0.3 is 6.18 Å². The van der Waals surface area contributed by atoms with Crippen LogP contribution < -0.4 is 0 Å². The van der Waals surface area contributed by atoms with Crippen LogP contribution in [-0.4, -0.2) is 66.0 Å². The van der Waals surface area contributed by atoms with Crippen LogP contribution in [0.4, 0.5) is 13.2 Å². The molecule has 0 bridgehead atoms. The molecule has 1 aliphatic rings. The zero-order valence-electron chi connectivity index (χ0n) is 11.8. The summed E-state index contributed by atoms with van der Waals surface area (Å²) in [7, 11) is 0. The number of unbranched alkanes of at least 4 members (excludes halogenated alkanes) is 2. The number of rotatable bonds is 6. The van der Waals surface area contributed by atoms with Gasteiger partial charge in [-0.2, -0.15) is 13.2 Å². The minimum Gasteiger partial charge on any atom is -0.396 e. The Hall–Kier alpha value is -0.330. The summed E-state index contributed by atoms with van der Waals surface area (Å²) >= 11 is 0. The average Bonchev–Trinajstić information content (AvgIpc) is 2.23. The van der Waals surface area contributed by atoms with Crippen molar-refractivity contribution in [2.45, 2.75) is 44.8 Å². The van der Waals surface area contributed by atoms with E-state index in [9.17, 15) is 13.2 Å². The second kappa shape index (κ2) is 6.90. The summed E-state index contributed by atoms with van der Waals surface area (Å²) in [5.74, 6) is 0. The molecule has 114 valence electrons. The molecule has 0 aliphatic carbocycles. The molecule has 1 aliphatic heterocycles. The molecule has 19 heavy (non-hydrogen) atoms. The van der Waals surface area contributed by atoms with Gasteiger partial charge in [-0.1, -0.05) is 0 Å². The summed E-state index contributed by atoms with van der Waals surface area (Å²) in [5.41, 5.74) is -0.220. The Morgan fingerprint density at radius 3 is 2.32 bits per heavy atom. The number of aliphatic hydroxyl groups excluding tert-OH is 1. The molecule has 1 fully saturated rings. The molecule has 0 saturated carbocycles. The van der Waals surface area contributed by atoms with E-state index in [1.807, 2.05) is 13.8 Å². The number of hydrogen-bond acceptors (Lipinski definition) is 3. The minimum atomic E-state index is -4.11. The number of halogens is 3. The van der Waals surface area contributed by atoms with Crippen molar-refractivity contribution < 1.29 is 18.3 Å². The van der Waals surface area contributed by atoms with E-state index < -0.39 is 12.7 Å². The highest BCUT2D eigenvalue weighted by Crippen LogP contribution is 2.25. The molecule has 0 aromatic heterocycles. The largest absolute Gasteiger partial charge is 0.401 e. The van der Waals surface area contributed by atoms with Gasteiger partial charge < -0.3 is 5.11 Å². The Morgan fingerprint density at radius 1 is 1.11 bits per heavy atom. The van der Waals surface area contributed by atoms with Crippen molar-refractivity contribution in [2.24, 2.45) is 0 Å². The van der Waals surface area contributed by atoms with Crippen LogP contribution in [0.2, 0.25) is 0 Å². The SMILES string of the molecule is CC1(C)CN(CC(F)(F)F)CCN1CCCCCO. The lowest BCUT2D eigenvalue weighted by Crippen LogP contribution is -2.60. The predicted octanol–water partition coefficient (Wildman–Crippen LogP) is 2.11.